The van der Waals surface area contributed by atoms with Crippen molar-refractivity contribution in [3.63, 3.8) is 0 Å². The lowest BCUT2D eigenvalue weighted by Crippen LogP contribution is -2.04. The maximum absolute atomic E-state index is 12.3. The molecule has 1 rings (SSSR count). The predicted octanol–water partition coefficient (Wildman–Crippen LogP) is 3.58. The molecular weight excluding hydrogens is 365 g/mol. The Morgan fingerprint density at radius 2 is 1.85 bits per heavy atom. The Morgan fingerprint density at radius 3 is 2.38 bits per heavy atom. The Bertz CT molecular complexity index is 693. The fourth-order valence-corrected chi connectivity index (χ4v) is 3.44. The summed E-state index contributed by atoms with van der Waals surface area (Å²) in [6.45, 7) is 4.04. The van der Waals surface area contributed by atoms with Crippen molar-refractivity contribution in [1.29, 1.82) is 0 Å². The van der Waals surface area contributed by atoms with Gasteiger partial charge in [-0.15, -0.1) is 0 Å². The van der Waals surface area contributed by atoms with Crippen LogP contribution in [0.25, 0.3) is 0 Å². The van der Waals surface area contributed by atoms with E-state index in [1.54, 1.807) is 26.0 Å². The summed E-state index contributed by atoms with van der Waals surface area (Å²) < 4.78 is 32.5. The lowest BCUT2D eigenvalue weighted by atomic mass is 10.2. The molecule has 0 atom stereocenters. The van der Waals surface area contributed by atoms with Crippen molar-refractivity contribution in [1.82, 2.24) is 0 Å². The van der Waals surface area contributed by atoms with Crippen molar-refractivity contribution in [3.8, 4) is 5.75 Å². The number of nitrogens with zero attached hydrogens (tertiary/aromatic N) is 1. The minimum Gasteiger partial charge on any atom is -0.489 e. The van der Waals surface area contributed by atoms with Gasteiger partial charge in [0, 0.05) is 6.07 Å². The molecule has 26 heavy (non-hydrogen) atoms. The van der Waals surface area contributed by atoms with Gasteiger partial charge in [0.15, 0.2) is 0 Å². The van der Waals surface area contributed by atoms with Crippen LogP contribution in [0.4, 0.5) is 5.69 Å². The molecule has 0 aliphatic heterocycles. The predicted molar refractivity (Wildman–Crippen MR) is 94.8 cm³/mol. The van der Waals surface area contributed by atoms with Crippen LogP contribution in [0.2, 0.25) is 0 Å². The molecule has 0 fully saturated rings. The quantitative estimate of drug-likeness (QED) is 0.186. The summed E-state index contributed by atoms with van der Waals surface area (Å²) in [7, 11) is -1.99. The lowest BCUT2D eigenvalue weighted by molar-refractivity contribution is -0.385. The molecule has 0 N–H and O–H groups in total. The first-order valence-electron chi connectivity index (χ1n) is 7.89. The minimum atomic E-state index is -3.17. The van der Waals surface area contributed by atoms with Gasteiger partial charge in [-0.25, -0.2) is 4.79 Å². The molecule has 144 valence electrons. The molecule has 0 radical (unpaired) electrons. The summed E-state index contributed by atoms with van der Waals surface area (Å²) in [6, 6.07) is 3.65. The number of methoxy groups -OCH3 is 1. The highest BCUT2D eigenvalue weighted by atomic mass is 31.2. The first kappa shape index (κ1) is 21.8. The SMILES string of the molecule is CCOP(=O)(C/C=C/COc1cc(C(=O)OC)cc([N+](=O)[O-])c1)OCC. The molecule has 0 bridgehead atoms. The van der Waals surface area contributed by atoms with Gasteiger partial charge in [0.1, 0.15) is 12.4 Å². The second kappa shape index (κ2) is 10.7. The molecule has 0 spiro atoms. The molecule has 9 nitrogen and oxygen atoms in total. The number of carbonyl (C=O) groups is 1. The fraction of sp³-hybridized carbons (Fsp3) is 0.438. The van der Waals surface area contributed by atoms with Crippen LogP contribution in [0.1, 0.15) is 24.2 Å². The van der Waals surface area contributed by atoms with Crippen LogP contribution < -0.4 is 4.74 Å². The summed E-state index contributed by atoms with van der Waals surface area (Å²) in [5.41, 5.74) is -0.276. The zero-order chi connectivity index (χ0) is 19.6. The Kier molecular flexibility index (Phi) is 8.98. The van der Waals surface area contributed by atoms with Gasteiger partial charge in [-0.2, -0.15) is 0 Å². The van der Waals surface area contributed by atoms with Crippen molar-refractivity contribution in [2.75, 3.05) is 33.1 Å². The van der Waals surface area contributed by atoms with E-state index in [0.29, 0.717) is 0 Å². The van der Waals surface area contributed by atoms with Gasteiger partial charge in [-0.05, 0) is 19.9 Å². The molecule has 0 saturated heterocycles. The van der Waals surface area contributed by atoms with Gasteiger partial charge >= 0.3 is 13.6 Å². The van der Waals surface area contributed by atoms with E-state index in [1.807, 2.05) is 0 Å². The zero-order valence-corrected chi connectivity index (χ0v) is 15.8. The minimum absolute atomic E-state index is 0.0119. The summed E-state index contributed by atoms with van der Waals surface area (Å²) in [6.07, 6.45) is 3.26. The molecule has 0 unspecified atom stereocenters. The molecule has 0 aliphatic carbocycles. The summed E-state index contributed by atoms with van der Waals surface area (Å²) in [5, 5.41) is 11.0. The summed E-state index contributed by atoms with van der Waals surface area (Å²) in [5.74, 6) is -0.564. The third-order valence-corrected chi connectivity index (χ3v) is 4.98. The highest BCUT2D eigenvalue weighted by Crippen LogP contribution is 2.47. The van der Waals surface area contributed by atoms with Crippen LogP contribution in [-0.2, 0) is 18.3 Å². The van der Waals surface area contributed by atoms with Crippen molar-refractivity contribution in [3.05, 3.63) is 46.0 Å². The Morgan fingerprint density at radius 1 is 1.19 bits per heavy atom. The maximum atomic E-state index is 12.3. The average Bonchev–Trinajstić information content (AvgIpc) is 2.60. The average molecular weight is 387 g/mol. The number of hydrogen-bond donors (Lipinski definition) is 0. The third-order valence-electron chi connectivity index (χ3n) is 3.02. The van der Waals surface area contributed by atoms with Crippen molar-refractivity contribution < 1.29 is 32.8 Å². The summed E-state index contributed by atoms with van der Waals surface area (Å²) >= 11 is 0. The number of non-ortho nitro benzene ring substituents is 1. The molecule has 0 amide bonds. The van der Waals surface area contributed by atoms with Crippen LogP contribution >= 0.6 is 7.60 Å². The molecule has 0 aliphatic rings. The Hall–Kier alpha value is -2.22. The lowest BCUT2D eigenvalue weighted by Gasteiger charge is -2.14. The van der Waals surface area contributed by atoms with E-state index in [4.69, 9.17) is 13.8 Å². The van der Waals surface area contributed by atoms with E-state index in [1.165, 1.54) is 19.2 Å². The zero-order valence-electron chi connectivity index (χ0n) is 14.9. The number of nitro benzene ring substituents is 1. The Labute approximate surface area is 151 Å². The van der Waals surface area contributed by atoms with Crippen LogP contribution in [-0.4, -0.2) is 44.0 Å². The number of benzene rings is 1. The standard InChI is InChI=1S/C16H22NO8P/c1-4-24-26(21,25-5-2)9-7-6-8-23-15-11-13(16(18)22-3)10-14(12-15)17(19)20/h6-7,10-12H,4-5,8-9H2,1-3H3/b7-6+. The van der Waals surface area contributed by atoms with Gasteiger partial charge in [0.2, 0.25) is 0 Å². The number of rotatable bonds is 11. The first-order valence-corrected chi connectivity index (χ1v) is 9.61. The molecule has 1 aromatic carbocycles. The van der Waals surface area contributed by atoms with Gasteiger partial charge in [-0.1, -0.05) is 12.2 Å². The number of nitro groups is 1. The number of hydrogen-bond acceptors (Lipinski definition) is 8. The third kappa shape index (κ3) is 6.95. The van der Waals surface area contributed by atoms with E-state index in [2.05, 4.69) is 4.74 Å². The van der Waals surface area contributed by atoms with Gasteiger partial charge in [0.05, 0.1) is 43.0 Å². The normalized spacial score (nSPS) is 11.5. The van der Waals surface area contributed by atoms with E-state index in [0.717, 1.165) is 6.07 Å². The number of allylic oxidation sites excluding steroid dienone is 1. The van der Waals surface area contributed by atoms with E-state index in [-0.39, 0.29) is 43.0 Å². The van der Waals surface area contributed by atoms with Crippen LogP contribution in [0.5, 0.6) is 5.75 Å². The second-order valence-electron chi connectivity index (χ2n) is 4.88. The van der Waals surface area contributed by atoms with Crippen LogP contribution in [0.3, 0.4) is 0 Å². The maximum Gasteiger partial charge on any atom is 0.338 e. The number of carbonyl (C=O) groups excluding carboxylic acids is 1. The Balaban J connectivity index is 2.74. The molecular formula is C16H22NO8P. The van der Waals surface area contributed by atoms with Crippen LogP contribution in [0.15, 0.2) is 30.4 Å². The molecule has 0 saturated carbocycles. The fourth-order valence-electron chi connectivity index (χ4n) is 1.96. The smallest absolute Gasteiger partial charge is 0.338 e. The highest BCUT2D eigenvalue weighted by molar-refractivity contribution is 7.54. The van der Waals surface area contributed by atoms with E-state index in [9.17, 15) is 19.5 Å². The topological polar surface area (TPSA) is 114 Å². The van der Waals surface area contributed by atoms with E-state index < -0.39 is 18.5 Å². The molecule has 10 heteroatoms. The van der Waals surface area contributed by atoms with Crippen molar-refractivity contribution in [2.24, 2.45) is 0 Å². The van der Waals surface area contributed by atoms with Gasteiger partial charge < -0.3 is 18.5 Å². The molecule has 1 aromatic rings. The van der Waals surface area contributed by atoms with Gasteiger partial charge in [-0.3, -0.25) is 14.7 Å². The molecule has 0 heterocycles. The van der Waals surface area contributed by atoms with Crippen LogP contribution in [0, 0.1) is 10.1 Å². The first-order chi connectivity index (χ1) is 12.3. The molecule has 0 aromatic heterocycles. The number of esters is 1. The largest absolute Gasteiger partial charge is 0.489 e. The second-order valence-corrected chi connectivity index (χ2v) is 6.98. The number of ether oxygens (including phenoxy) is 2. The highest BCUT2D eigenvalue weighted by Gasteiger charge is 2.21. The van der Waals surface area contributed by atoms with Crippen molar-refractivity contribution in [2.45, 2.75) is 13.8 Å². The van der Waals surface area contributed by atoms with Gasteiger partial charge in [0.25, 0.3) is 5.69 Å². The van der Waals surface area contributed by atoms with Crippen molar-refractivity contribution >= 4 is 19.3 Å². The summed E-state index contributed by atoms with van der Waals surface area (Å²) in [4.78, 5) is 21.9. The monoisotopic (exact) mass is 387 g/mol. The van der Waals surface area contributed by atoms with E-state index >= 15 is 0 Å².